The summed E-state index contributed by atoms with van der Waals surface area (Å²) in [6, 6.07) is 10.3. The second kappa shape index (κ2) is 9.30. The van der Waals surface area contributed by atoms with Gasteiger partial charge in [-0.3, -0.25) is 0 Å². The van der Waals surface area contributed by atoms with Crippen LogP contribution < -0.4 is 10.1 Å². The zero-order valence-corrected chi connectivity index (χ0v) is 18.3. The number of fused-ring (bicyclic) bond motifs is 1. The molecule has 0 fully saturated rings. The highest BCUT2D eigenvalue weighted by atomic mass is 79.9. The van der Waals surface area contributed by atoms with E-state index in [0.717, 1.165) is 34.2 Å². The summed E-state index contributed by atoms with van der Waals surface area (Å²) in [6.45, 7) is 5.61. The van der Waals surface area contributed by atoms with Crippen LogP contribution in [0.15, 0.2) is 41.0 Å². The van der Waals surface area contributed by atoms with Gasteiger partial charge in [0.1, 0.15) is 11.6 Å². The van der Waals surface area contributed by atoms with Crippen molar-refractivity contribution in [3.05, 3.63) is 52.4 Å². The average molecular weight is 444 g/mol. The lowest BCUT2D eigenvalue weighted by atomic mass is 10.1. The molecule has 0 bridgehead atoms. The minimum absolute atomic E-state index is 0.0904. The number of rotatable bonds is 8. The van der Waals surface area contributed by atoms with Crippen LogP contribution in [0.4, 0.5) is 5.82 Å². The summed E-state index contributed by atoms with van der Waals surface area (Å²) < 4.78 is 6.88. The molecule has 1 atom stereocenters. The second-order valence-electron chi connectivity index (χ2n) is 7.09. The number of aryl methyl sites for hydroxylation is 1. The van der Waals surface area contributed by atoms with Gasteiger partial charge >= 0.3 is 0 Å². The van der Waals surface area contributed by atoms with Crippen molar-refractivity contribution in [1.82, 2.24) is 19.9 Å². The molecule has 2 heterocycles. The highest BCUT2D eigenvalue weighted by Crippen LogP contribution is 2.27. The maximum Gasteiger partial charge on any atom is 0.214 e. The van der Waals surface area contributed by atoms with E-state index in [1.54, 1.807) is 6.20 Å². The smallest absolute Gasteiger partial charge is 0.214 e. The van der Waals surface area contributed by atoms with E-state index in [-0.39, 0.29) is 6.04 Å². The van der Waals surface area contributed by atoms with E-state index in [1.807, 2.05) is 25.1 Å². The first kappa shape index (κ1) is 20.5. The van der Waals surface area contributed by atoms with E-state index in [9.17, 15) is 0 Å². The van der Waals surface area contributed by atoms with Gasteiger partial charge in [0.15, 0.2) is 0 Å². The number of anilines is 1. The van der Waals surface area contributed by atoms with Crippen LogP contribution in [0, 0.1) is 6.92 Å². The molecule has 1 aromatic carbocycles. The molecular formula is C21H26BrN5O. The Bertz CT molecular complexity index is 947. The number of aromatic nitrogens is 3. The molecule has 1 N–H and O–H groups in total. The van der Waals surface area contributed by atoms with Gasteiger partial charge in [-0.25, -0.2) is 15.0 Å². The maximum absolute atomic E-state index is 5.83. The fourth-order valence-electron chi connectivity index (χ4n) is 2.94. The molecule has 0 aliphatic heterocycles. The van der Waals surface area contributed by atoms with Gasteiger partial charge in [-0.15, -0.1) is 0 Å². The number of halogens is 1. The molecule has 0 unspecified atom stereocenters. The second-order valence-corrected chi connectivity index (χ2v) is 8.00. The third-order valence-corrected chi connectivity index (χ3v) is 4.86. The number of nitrogens with one attached hydrogen (secondary N) is 1. The molecule has 3 rings (SSSR count). The number of benzene rings is 1. The van der Waals surface area contributed by atoms with Gasteiger partial charge in [0.05, 0.1) is 24.4 Å². The number of ether oxygens (including phenoxy) is 1. The fraction of sp³-hybridized carbons (Fsp3) is 0.381. The Hall–Kier alpha value is -2.25. The molecular weight excluding hydrogens is 418 g/mol. The normalized spacial score (nSPS) is 12.4. The third-order valence-electron chi connectivity index (χ3n) is 4.37. The molecule has 2 aromatic heterocycles. The number of nitrogens with zero attached hydrogens (tertiary/aromatic N) is 4. The predicted octanol–water partition coefficient (Wildman–Crippen LogP) is 4.60. The summed E-state index contributed by atoms with van der Waals surface area (Å²) >= 11 is 3.53. The molecule has 3 aromatic rings. The van der Waals surface area contributed by atoms with Crippen molar-refractivity contribution >= 4 is 32.7 Å². The zero-order valence-electron chi connectivity index (χ0n) is 16.7. The Morgan fingerprint density at radius 3 is 2.79 bits per heavy atom. The highest BCUT2D eigenvalue weighted by Gasteiger charge is 2.12. The van der Waals surface area contributed by atoms with Crippen LogP contribution >= 0.6 is 15.9 Å². The van der Waals surface area contributed by atoms with Crippen LogP contribution in [0.25, 0.3) is 10.9 Å². The molecule has 0 spiro atoms. The van der Waals surface area contributed by atoms with Gasteiger partial charge in [-0.1, -0.05) is 28.1 Å². The Balaban J connectivity index is 1.82. The summed E-state index contributed by atoms with van der Waals surface area (Å²) in [7, 11) is 4.11. The number of pyridine rings is 1. The number of hydrogen-bond acceptors (Lipinski definition) is 6. The first-order valence-corrected chi connectivity index (χ1v) is 10.2. The lowest BCUT2D eigenvalue weighted by Crippen LogP contribution is -2.15. The Kier molecular flexibility index (Phi) is 6.80. The Labute approximate surface area is 174 Å². The molecule has 28 heavy (non-hydrogen) atoms. The predicted molar refractivity (Wildman–Crippen MR) is 117 cm³/mol. The van der Waals surface area contributed by atoms with Crippen molar-refractivity contribution in [1.29, 1.82) is 0 Å². The van der Waals surface area contributed by atoms with Gasteiger partial charge < -0.3 is 15.0 Å². The summed E-state index contributed by atoms with van der Waals surface area (Å²) in [5.74, 6) is 2.09. The number of hydrogen-bond donors (Lipinski definition) is 1. The average Bonchev–Trinajstić information content (AvgIpc) is 2.65. The Morgan fingerprint density at radius 1 is 1.21 bits per heavy atom. The minimum Gasteiger partial charge on any atom is -0.478 e. The lowest BCUT2D eigenvalue weighted by Gasteiger charge is -2.17. The van der Waals surface area contributed by atoms with Crippen LogP contribution in [-0.2, 0) is 0 Å². The summed E-state index contributed by atoms with van der Waals surface area (Å²) in [5.41, 5.74) is 1.98. The summed E-state index contributed by atoms with van der Waals surface area (Å²) in [5, 5.41) is 4.42. The van der Waals surface area contributed by atoms with E-state index in [2.05, 4.69) is 74.3 Å². The SMILES string of the molecule is Cc1nc(N[C@H](C)c2cccc(Br)c2)c2cc(OCCCN(C)C)ncc2n1. The van der Waals surface area contributed by atoms with Gasteiger partial charge in [0, 0.05) is 22.5 Å². The molecule has 0 saturated carbocycles. The molecule has 0 radical (unpaired) electrons. The van der Waals surface area contributed by atoms with Gasteiger partial charge in [-0.2, -0.15) is 0 Å². The van der Waals surface area contributed by atoms with Gasteiger partial charge in [0.2, 0.25) is 5.88 Å². The van der Waals surface area contributed by atoms with E-state index >= 15 is 0 Å². The van der Waals surface area contributed by atoms with Gasteiger partial charge in [0.25, 0.3) is 0 Å². The zero-order chi connectivity index (χ0) is 20.1. The molecule has 0 amide bonds. The summed E-state index contributed by atoms with van der Waals surface area (Å²) in [4.78, 5) is 15.7. The molecule has 0 aliphatic rings. The quantitative estimate of drug-likeness (QED) is 0.513. The van der Waals surface area contributed by atoms with Crippen molar-refractivity contribution in [2.75, 3.05) is 32.6 Å². The maximum atomic E-state index is 5.83. The first-order valence-electron chi connectivity index (χ1n) is 9.36. The van der Waals surface area contributed by atoms with Crippen molar-refractivity contribution < 1.29 is 4.74 Å². The molecule has 0 saturated heterocycles. The summed E-state index contributed by atoms with van der Waals surface area (Å²) in [6.07, 6.45) is 2.70. The van der Waals surface area contributed by atoms with Crippen LogP contribution in [0.2, 0.25) is 0 Å². The van der Waals surface area contributed by atoms with Gasteiger partial charge in [-0.05, 0) is 52.1 Å². The first-order chi connectivity index (χ1) is 13.4. The molecule has 0 aliphatic carbocycles. The van der Waals surface area contributed by atoms with E-state index < -0.39 is 0 Å². The van der Waals surface area contributed by atoms with E-state index in [0.29, 0.717) is 18.3 Å². The standard InChI is InChI=1S/C21H26BrN5O/c1-14(16-7-5-8-17(22)11-16)24-21-18-12-20(28-10-6-9-27(3)4)23-13-19(18)25-15(2)26-21/h5,7-8,11-14H,6,9-10H2,1-4H3,(H,24,25,26)/t14-/m1/s1. The van der Waals surface area contributed by atoms with E-state index in [4.69, 9.17) is 4.74 Å². The fourth-order valence-corrected chi connectivity index (χ4v) is 3.36. The van der Waals surface area contributed by atoms with Crippen molar-refractivity contribution in [2.24, 2.45) is 0 Å². The van der Waals surface area contributed by atoms with Crippen LogP contribution in [-0.4, -0.2) is 47.1 Å². The van der Waals surface area contributed by atoms with E-state index in [1.165, 1.54) is 5.56 Å². The lowest BCUT2D eigenvalue weighted by molar-refractivity contribution is 0.273. The van der Waals surface area contributed by atoms with Crippen LogP contribution in [0.5, 0.6) is 5.88 Å². The van der Waals surface area contributed by atoms with Crippen molar-refractivity contribution in [3.8, 4) is 5.88 Å². The van der Waals surface area contributed by atoms with Crippen molar-refractivity contribution in [2.45, 2.75) is 26.3 Å². The molecule has 7 heteroatoms. The monoisotopic (exact) mass is 443 g/mol. The topological polar surface area (TPSA) is 63.2 Å². The third kappa shape index (κ3) is 5.39. The highest BCUT2D eigenvalue weighted by molar-refractivity contribution is 9.10. The van der Waals surface area contributed by atoms with Crippen molar-refractivity contribution in [3.63, 3.8) is 0 Å². The Morgan fingerprint density at radius 2 is 2.04 bits per heavy atom. The van der Waals surface area contributed by atoms with Crippen LogP contribution in [0.1, 0.15) is 30.8 Å². The molecule has 148 valence electrons. The minimum atomic E-state index is 0.0904. The molecule has 6 nitrogen and oxygen atoms in total. The van der Waals surface area contributed by atoms with Crippen LogP contribution in [0.3, 0.4) is 0 Å². The largest absolute Gasteiger partial charge is 0.478 e.